The predicted molar refractivity (Wildman–Crippen MR) is 110 cm³/mol. The van der Waals surface area contributed by atoms with Crippen molar-refractivity contribution in [1.82, 2.24) is 15.5 Å². The van der Waals surface area contributed by atoms with Gasteiger partial charge in [0, 0.05) is 42.9 Å². The van der Waals surface area contributed by atoms with Crippen molar-refractivity contribution in [3.8, 4) is 0 Å². The second-order valence-electron chi connectivity index (χ2n) is 8.26. The van der Waals surface area contributed by atoms with Crippen LogP contribution in [0.1, 0.15) is 55.8 Å². The molecule has 0 bridgehead atoms. The minimum atomic E-state index is -0.484. The van der Waals surface area contributed by atoms with Gasteiger partial charge in [-0.25, -0.2) is 0 Å². The molecular formula is C21H30N4O4. The Morgan fingerprint density at radius 1 is 1.07 bits per heavy atom. The van der Waals surface area contributed by atoms with E-state index in [1.165, 1.54) is 43.5 Å². The molecule has 2 aliphatic rings. The number of carbonyl (C=O) groups excluding carboxylic acids is 2. The van der Waals surface area contributed by atoms with Crippen LogP contribution in [0.3, 0.4) is 0 Å². The van der Waals surface area contributed by atoms with E-state index >= 15 is 0 Å². The van der Waals surface area contributed by atoms with Gasteiger partial charge in [-0.3, -0.25) is 24.6 Å². The summed E-state index contributed by atoms with van der Waals surface area (Å²) in [4.78, 5) is 37.1. The number of piperidine rings is 1. The second-order valence-corrected chi connectivity index (χ2v) is 8.26. The van der Waals surface area contributed by atoms with Crippen LogP contribution in [0.15, 0.2) is 24.3 Å². The first-order valence-electron chi connectivity index (χ1n) is 10.5. The molecule has 29 heavy (non-hydrogen) atoms. The summed E-state index contributed by atoms with van der Waals surface area (Å²) >= 11 is 0. The fourth-order valence-corrected chi connectivity index (χ4v) is 4.22. The number of carbonyl (C=O) groups is 2. The monoisotopic (exact) mass is 402 g/mol. The Morgan fingerprint density at radius 2 is 1.72 bits per heavy atom. The summed E-state index contributed by atoms with van der Waals surface area (Å²) in [6, 6.07) is 5.97. The summed E-state index contributed by atoms with van der Waals surface area (Å²) in [7, 11) is 0. The van der Waals surface area contributed by atoms with Gasteiger partial charge in [0.15, 0.2) is 0 Å². The van der Waals surface area contributed by atoms with E-state index in [0.29, 0.717) is 24.1 Å². The number of rotatable bonds is 6. The van der Waals surface area contributed by atoms with Gasteiger partial charge in [-0.1, -0.05) is 19.8 Å². The molecule has 2 amide bonds. The van der Waals surface area contributed by atoms with Crippen molar-refractivity contribution < 1.29 is 14.5 Å². The molecule has 8 nitrogen and oxygen atoms in total. The van der Waals surface area contributed by atoms with Gasteiger partial charge in [0.05, 0.1) is 11.5 Å². The van der Waals surface area contributed by atoms with E-state index in [9.17, 15) is 19.7 Å². The number of nitrogens with one attached hydrogen (secondary N) is 2. The quantitative estimate of drug-likeness (QED) is 0.562. The first-order chi connectivity index (χ1) is 13.9. The van der Waals surface area contributed by atoms with Crippen LogP contribution in [0, 0.1) is 16.0 Å². The fraction of sp³-hybridized carbons (Fsp3) is 0.619. The van der Waals surface area contributed by atoms with Crippen molar-refractivity contribution in [2.45, 2.75) is 57.5 Å². The van der Waals surface area contributed by atoms with E-state index in [4.69, 9.17) is 0 Å². The summed E-state index contributed by atoms with van der Waals surface area (Å²) in [5, 5.41) is 16.9. The molecule has 158 valence electrons. The second kappa shape index (κ2) is 9.82. The molecule has 0 radical (unpaired) electrons. The van der Waals surface area contributed by atoms with E-state index in [0.717, 1.165) is 32.4 Å². The van der Waals surface area contributed by atoms with Crippen molar-refractivity contribution in [2.24, 2.45) is 5.92 Å². The predicted octanol–water partition coefficient (Wildman–Crippen LogP) is 2.48. The highest BCUT2D eigenvalue weighted by atomic mass is 16.6. The summed E-state index contributed by atoms with van der Waals surface area (Å²) in [5.41, 5.74) is 0.384. The first-order valence-corrected chi connectivity index (χ1v) is 10.5. The number of amides is 2. The average molecular weight is 402 g/mol. The average Bonchev–Trinajstić information content (AvgIpc) is 2.71. The summed E-state index contributed by atoms with van der Waals surface area (Å²) in [6.45, 7) is 4.15. The topological polar surface area (TPSA) is 105 Å². The largest absolute Gasteiger partial charge is 0.352 e. The lowest BCUT2D eigenvalue weighted by molar-refractivity contribution is -0.384. The lowest BCUT2D eigenvalue weighted by atomic mass is 9.86. The molecule has 2 N–H and O–H groups in total. The molecule has 3 rings (SSSR count). The highest BCUT2D eigenvalue weighted by Gasteiger charge is 2.26. The molecule has 2 atom stereocenters. The third kappa shape index (κ3) is 6.00. The molecule has 0 aromatic heterocycles. The highest BCUT2D eigenvalue weighted by molar-refractivity contribution is 5.94. The summed E-state index contributed by atoms with van der Waals surface area (Å²) < 4.78 is 0. The molecule has 1 saturated heterocycles. The van der Waals surface area contributed by atoms with Gasteiger partial charge >= 0.3 is 0 Å². The standard InChI is InChI=1S/C21H30N4O4/c1-15-4-2-3-5-19(15)23-20(26)14-24-12-10-17(11-13-24)22-21(27)16-6-8-18(9-7-16)25(28)29/h6-9,15,17,19H,2-5,10-14H2,1H3,(H,22,27)(H,23,26)/t15-,19-/m1/s1. The zero-order valence-electron chi connectivity index (χ0n) is 16.9. The maximum Gasteiger partial charge on any atom is 0.269 e. The van der Waals surface area contributed by atoms with Gasteiger partial charge in [-0.05, 0) is 43.7 Å². The fourth-order valence-electron chi connectivity index (χ4n) is 4.22. The molecule has 1 aromatic carbocycles. The molecular weight excluding hydrogens is 372 g/mol. The maximum absolute atomic E-state index is 12.4. The third-order valence-electron chi connectivity index (χ3n) is 6.09. The van der Waals surface area contributed by atoms with Crippen LogP contribution in [0.2, 0.25) is 0 Å². The van der Waals surface area contributed by atoms with Crippen LogP contribution in [0.25, 0.3) is 0 Å². The Balaban J connectivity index is 1.40. The number of nitrogens with zero attached hydrogens (tertiary/aromatic N) is 2. The summed E-state index contributed by atoms with van der Waals surface area (Å²) in [5.74, 6) is 0.424. The highest BCUT2D eigenvalue weighted by Crippen LogP contribution is 2.23. The van der Waals surface area contributed by atoms with Crippen molar-refractivity contribution in [3.05, 3.63) is 39.9 Å². The van der Waals surface area contributed by atoms with Gasteiger partial charge in [0.1, 0.15) is 0 Å². The lowest BCUT2D eigenvalue weighted by Gasteiger charge is -2.33. The molecule has 0 spiro atoms. The van der Waals surface area contributed by atoms with Crippen LogP contribution in [-0.4, -0.2) is 53.4 Å². The van der Waals surface area contributed by atoms with Crippen LogP contribution >= 0.6 is 0 Å². The lowest BCUT2D eigenvalue weighted by Crippen LogP contribution is -2.49. The van der Waals surface area contributed by atoms with Crippen LogP contribution in [-0.2, 0) is 4.79 Å². The number of nitro benzene ring substituents is 1. The first kappa shape index (κ1) is 21.2. The molecule has 1 saturated carbocycles. The Hall–Kier alpha value is -2.48. The van der Waals surface area contributed by atoms with Crippen molar-refractivity contribution >= 4 is 17.5 Å². The molecule has 1 aromatic rings. The number of benzene rings is 1. The Bertz CT molecular complexity index is 729. The zero-order chi connectivity index (χ0) is 20.8. The zero-order valence-corrected chi connectivity index (χ0v) is 16.9. The van der Waals surface area contributed by atoms with Crippen LogP contribution < -0.4 is 10.6 Å². The molecule has 1 heterocycles. The SMILES string of the molecule is C[C@@H]1CCCC[C@H]1NC(=O)CN1CCC(NC(=O)c2ccc([N+](=O)[O-])cc2)CC1. The number of likely N-dealkylation sites (tertiary alicyclic amines) is 1. The van der Waals surface area contributed by atoms with Gasteiger partial charge in [0.25, 0.3) is 11.6 Å². The molecule has 8 heteroatoms. The van der Waals surface area contributed by atoms with Gasteiger partial charge in [0.2, 0.25) is 5.91 Å². The number of hydrogen-bond donors (Lipinski definition) is 2. The van der Waals surface area contributed by atoms with Crippen LogP contribution in [0.5, 0.6) is 0 Å². The molecule has 2 fully saturated rings. The minimum absolute atomic E-state index is 0.0317. The van der Waals surface area contributed by atoms with E-state index in [-0.39, 0.29) is 23.5 Å². The Kier molecular flexibility index (Phi) is 7.19. The Morgan fingerprint density at radius 3 is 2.34 bits per heavy atom. The molecule has 0 unspecified atom stereocenters. The number of nitro groups is 1. The van der Waals surface area contributed by atoms with E-state index in [1.807, 2.05) is 0 Å². The smallest absolute Gasteiger partial charge is 0.269 e. The van der Waals surface area contributed by atoms with Crippen LogP contribution in [0.4, 0.5) is 5.69 Å². The van der Waals surface area contributed by atoms with E-state index < -0.39 is 4.92 Å². The van der Waals surface area contributed by atoms with Crippen molar-refractivity contribution in [3.63, 3.8) is 0 Å². The number of hydrogen-bond acceptors (Lipinski definition) is 5. The normalized spacial score (nSPS) is 23.3. The van der Waals surface area contributed by atoms with Gasteiger partial charge in [-0.15, -0.1) is 0 Å². The van der Waals surface area contributed by atoms with E-state index in [2.05, 4.69) is 22.5 Å². The van der Waals surface area contributed by atoms with Gasteiger partial charge < -0.3 is 10.6 Å². The maximum atomic E-state index is 12.4. The number of non-ortho nitro benzene ring substituents is 1. The summed E-state index contributed by atoms with van der Waals surface area (Å²) in [6.07, 6.45) is 6.27. The van der Waals surface area contributed by atoms with Gasteiger partial charge in [-0.2, -0.15) is 0 Å². The Labute approximate surface area is 171 Å². The third-order valence-corrected chi connectivity index (χ3v) is 6.09. The van der Waals surface area contributed by atoms with Crippen molar-refractivity contribution in [1.29, 1.82) is 0 Å². The molecule has 1 aliphatic carbocycles. The minimum Gasteiger partial charge on any atom is -0.352 e. The van der Waals surface area contributed by atoms with Crippen molar-refractivity contribution in [2.75, 3.05) is 19.6 Å². The molecule has 1 aliphatic heterocycles. The van der Waals surface area contributed by atoms with E-state index in [1.54, 1.807) is 0 Å².